The molecule has 6 nitrogen and oxygen atoms in total. The van der Waals surface area contributed by atoms with Gasteiger partial charge in [-0.05, 0) is 48.6 Å². The summed E-state index contributed by atoms with van der Waals surface area (Å²) in [6.07, 6.45) is 5.12. The lowest BCUT2D eigenvalue weighted by Gasteiger charge is -2.30. The molecule has 3 rings (SSSR count). The molecule has 8 heteroatoms. The molecule has 0 spiro atoms. The van der Waals surface area contributed by atoms with Gasteiger partial charge >= 0.3 is 0 Å². The Kier molecular flexibility index (Phi) is 8.05. The molecule has 0 atom stereocenters. The molecule has 0 bridgehead atoms. The Labute approximate surface area is 183 Å². The van der Waals surface area contributed by atoms with Crippen LogP contribution in [0.25, 0.3) is 0 Å². The van der Waals surface area contributed by atoms with Gasteiger partial charge in [-0.25, -0.2) is 8.42 Å². The SMILES string of the molecule is COCCN(Cc1cccs1)C(=O)c1ccc(S(=O)(=O)N(C)C2CCCCC2)cc1. The van der Waals surface area contributed by atoms with Gasteiger partial charge in [0.25, 0.3) is 5.91 Å². The molecule has 1 saturated carbocycles. The lowest BCUT2D eigenvalue weighted by molar-refractivity contribution is 0.0682. The second-order valence-corrected chi connectivity index (χ2v) is 10.7. The minimum Gasteiger partial charge on any atom is -0.383 e. The van der Waals surface area contributed by atoms with Crippen molar-refractivity contribution in [2.45, 2.75) is 49.6 Å². The molecule has 1 aromatic carbocycles. The van der Waals surface area contributed by atoms with Crippen molar-refractivity contribution in [1.82, 2.24) is 9.21 Å². The van der Waals surface area contributed by atoms with Crippen LogP contribution in [-0.2, 0) is 21.3 Å². The zero-order chi connectivity index (χ0) is 21.6. The van der Waals surface area contributed by atoms with Crippen LogP contribution in [-0.4, -0.2) is 56.9 Å². The topological polar surface area (TPSA) is 66.9 Å². The molecule has 1 aliphatic rings. The summed E-state index contributed by atoms with van der Waals surface area (Å²) in [5.74, 6) is -0.134. The van der Waals surface area contributed by atoms with Crippen molar-refractivity contribution < 1.29 is 17.9 Å². The average Bonchev–Trinajstić information content (AvgIpc) is 3.29. The normalized spacial score (nSPS) is 15.4. The van der Waals surface area contributed by atoms with E-state index in [9.17, 15) is 13.2 Å². The van der Waals surface area contributed by atoms with Crippen molar-refractivity contribution in [3.8, 4) is 0 Å². The first-order valence-corrected chi connectivity index (χ1v) is 12.6. The van der Waals surface area contributed by atoms with Gasteiger partial charge in [0.2, 0.25) is 10.0 Å². The van der Waals surface area contributed by atoms with Crippen LogP contribution in [0.4, 0.5) is 0 Å². The predicted molar refractivity (Wildman–Crippen MR) is 119 cm³/mol. The molecule has 1 aromatic heterocycles. The third kappa shape index (κ3) is 5.49. The van der Waals surface area contributed by atoms with Crippen LogP contribution in [0.5, 0.6) is 0 Å². The van der Waals surface area contributed by atoms with Crippen LogP contribution in [0.1, 0.15) is 47.3 Å². The van der Waals surface area contributed by atoms with E-state index < -0.39 is 10.0 Å². The average molecular weight is 451 g/mol. The van der Waals surface area contributed by atoms with E-state index in [1.54, 1.807) is 54.7 Å². The minimum atomic E-state index is -3.57. The summed E-state index contributed by atoms with van der Waals surface area (Å²) in [7, 11) is -0.294. The lowest BCUT2D eigenvalue weighted by atomic mass is 9.96. The van der Waals surface area contributed by atoms with E-state index in [1.165, 1.54) is 10.7 Å². The highest BCUT2D eigenvalue weighted by molar-refractivity contribution is 7.89. The quantitative estimate of drug-likeness (QED) is 0.579. The lowest BCUT2D eigenvalue weighted by Crippen LogP contribution is -2.38. The van der Waals surface area contributed by atoms with Gasteiger partial charge in [-0.3, -0.25) is 4.79 Å². The standard InChI is InChI=1S/C22H30N2O4S2/c1-23(19-7-4-3-5-8-19)30(26,27)21-12-10-18(11-13-21)22(25)24(14-15-28-2)17-20-9-6-16-29-20/h6,9-13,16,19H,3-5,7-8,14-15,17H2,1-2H3. The fraction of sp³-hybridized carbons (Fsp3) is 0.500. The summed E-state index contributed by atoms with van der Waals surface area (Å²) >= 11 is 1.60. The number of hydrogen-bond donors (Lipinski definition) is 0. The Morgan fingerprint density at radius 3 is 2.43 bits per heavy atom. The Balaban J connectivity index is 1.74. The molecule has 164 valence electrons. The first-order valence-electron chi connectivity index (χ1n) is 10.3. The van der Waals surface area contributed by atoms with Crippen molar-refractivity contribution in [3.63, 3.8) is 0 Å². The van der Waals surface area contributed by atoms with Crippen LogP contribution in [0.3, 0.4) is 0 Å². The first kappa shape index (κ1) is 22.9. The first-order chi connectivity index (χ1) is 14.4. The molecular formula is C22H30N2O4S2. The van der Waals surface area contributed by atoms with Crippen molar-refractivity contribution >= 4 is 27.3 Å². The number of sulfonamides is 1. The Morgan fingerprint density at radius 1 is 1.13 bits per heavy atom. The number of amides is 1. The molecule has 0 unspecified atom stereocenters. The van der Waals surface area contributed by atoms with Crippen LogP contribution < -0.4 is 0 Å². The molecule has 1 heterocycles. The smallest absolute Gasteiger partial charge is 0.254 e. The van der Waals surface area contributed by atoms with Gasteiger partial charge < -0.3 is 9.64 Å². The van der Waals surface area contributed by atoms with Gasteiger partial charge in [0.15, 0.2) is 0 Å². The number of nitrogens with zero attached hydrogens (tertiary/aromatic N) is 2. The van der Waals surface area contributed by atoms with E-state index in [4.69, 9.17) is 4.74 Å². The minimum absolute atomic E-state index is 0.0559. The van der Waals surface area contributed by atoms with Gasteiger partial charge in [0, 0.05) is 37.2 Å². The third-order valence-corrected chi connectivity index (χ3v) is 8.43. The van der Waals surface area contributed by atoms with Crippen LogP contribution in [0.15, 0.2) is 46.7 Å². The number of thiophene rings is 1. The van der Waals surface area contributed by atoms with Crippen molar-refractivity contribution in [3.05, 3.63) is 52.2 Å². The second-order valence-electron chi connectivity index (χ2n) is 7.64. The number of ether oxygens (including phenoxy) is 1. The fourth-order valence-electron chi connectivity index (χ4n) is 3.80. The van der Waals surface area contributed by atoms with Crippen molar-refractivity contribution in [2.75, 3.05) is 27.3 Å². The number of methoxy groups -OCH3 is 1. The van der Waals surface area contributed by atoms with Gasteiger partial charge in [-0.2, -0.15) is 4.31 Å². The highest BCUT2D eigenvalue weighted by atomic mass is 32.2. The van der Waals surface area contributed by atoms with Crippen LogP contribution >= 0.6 is 11.3 Å². The summed E-state index contributed by atoms with van der Waals surface area (Å²) < 4.78 is 32.7. The number of carbonyl (C=O) groups is 1. The molecule has 0 aliphatic heterocycles. The molecule has 0 saturated heterocycles. The van der Waals surface area contributed by atoms with Crippen molar-refractivity contribution in [1.29, 1.82) is 0 Å². The maximum Gasteiger partial charge on any atom is 0.254 e. The van der Waals surface area contributed by atoms with Gasteiger partial charge in [-0.15, -0.1) is 11.3 Å². The highest BCUT2D eigenvalue weighted by Gasteiger charge is 2.29. The van der Waals surface area contributed by atoms with Gasteiger partial charge in [0.05, 0.1) is 18.0 Å². The van der Waals surface area contributed by atoms with Crippen LogP contribution in [0, 0.1) is 0 Å². The number of rotatable bonds is 9. The van der Waals surface area contributed by atoms with E-state index >= 15 is 0 Å². The van der Waals surface area contributed by atoms with E-state index in [1.807, 2.05) is 17.5 Å². The van der Waals surface area contributed by atoms with Gasteiger partial charge in [-0.1, -0.05) is 25.3 Å². The molecular weight excluding hydrogens is 420 g/mol. The summed E-state index contributed by atoms with van der Waals surface area (Å²) in [5.41, 5.74) is 0.474. The molecule has 2 aromatic rings. The van der Waals surface area contributed by atoms with Crippen molar-refractivity contribution in [2.24, 2.45) is 0 Å². The maximum atomic E-state index is 13.0. The van der Waals surface area contributed by atoms with E-state index in [0.717, 1.165) is 30.6 Å². The third-order valence-electron chi connectivity index (χ3n) is 5.65. The molecule has 0 radical (unpaired) electrons. The maximum absolute atomic E-state index is 13.0. The molecule has 30 heavy (non-hydrogen) atoms. The zero-order valence-electron chi connectivity index (χ0n) is 17.6. The fourth-order valence-corrected chi connectivity index (χ4v) is 5.94. The number of benzene rings is 1. The van der Waals surface area contributed by atoms with Gasteiger partial charge in [0.1, 0.15) is 0 Å². The Morgan fingerprint density at radius 2 is 1.83 bits per heavy atom. The van der Waals surface area contributed by atoms with E-state index in [0.29, 0.717) is 25.3 Å². The zero-order valence-corrected chi connectivity index (χ0v) is 19.3. The van der Waals surface area contributed by atoms with Crippen LogP contribution in [0.2, 0.25) is 0 Å². The highest BCUT2D eigenvalue weighted by Crippen LogP contribution is 2.26. The van der Waals surface area contributed by atoms with E-state index in [-0.39, 0.29) is 16.8 Å². The Bertz CT molecular complexity index is 905. The molecule has 1 fully saturated rings. The summed E-state index contributed by atoms with van der Waals surface area (Å²) in [6.45, 7) is 1.41. The number of carbonyl (C=O) groups excluding carboxylic acids is 1. The molecule has 1 aliphatic carbocycles. The number of hydrogen-bond acceptors (Lipinski definition) is 5. The molecule has 0 N–H and O–H groups in total. The Hall–Kier alpha value is -1.74. The summed E-state index contributed by atoms with van der Waals surface area (Å²) in [5, 5.41) is 1.98. The second kappa shape index (κ2) is 10.5. The molecule has 1 amide bonds. The van der Waals surface area contributed by atoms with E-state index in [2.05, 4.69) is 0 Å². The summed E-state index contributed by atoms with van der Waals surface area (Å²) in [6, 6.07) is 10.3. The summed E-state index contributed by atoms with van der Waals surface area (Å²) in [4.78, 5) is 16.1. The monoisotopic (exact) mass is 450 g/mol. The largest absolute Gasteiger partial charge is 0.383 e. The predicted octanol–water partition coefficient (Wildman–Crippen LogP) is 3.99.